The van der Waals surface area contributed by atoms with Crippen LogP contribution in [0.1, 0.15) is 77.4 Å². The van der Waals surface area contributed by atoms with Gasteiger partial charge in [-0.1, -0.05) is 0 Å². The fourth-order valence-electron chi connectivity index (χ4n) is 5.25. The van der Waals surface area contributed by atoms with E-state index in [9.17, 15) is 36.2 Å². The molecule has 3 atom stereocenters. The average molecular weight is 618 g/mol. The lowest BCUT2D eigenvalue weighted by Crippen LogP contribution is -2.58. The van der Waals surface area contributed by atoms with Gasteiger partial charge in [0.25, 0.3) is 0 Å². The number of likely N-dealkylation sites (tertiary alicyclic amines) is 1. The number of imidazole rings is 1. The summed E-state index contributed by atoms with van der Waals surface area (Å²) in [6.07, 6.45) is -7.97. The third-order valence-electron chi connectivity index (χ3n) is 7.04. The normalized spacial score (nSPS) is 21.9. The van der Waals surface area contributed by atoms with E-state index in [1.165, 1.54) is 21.9 Å². The third-order valence-corrected chi connectivity index (χ3v) is 7.04. The topological polar surface area (TPSA) is 103 Å². The lowest BCUT2D eigenvalue weighted by atomic mass is 9.80. The predicted octanol–water partition coefficient (Wildman–Crippen LogP) is 6.50. The van der Waals surface area contributed by atoms with E-state index in [-0.39, 0.29) is 48.0 Å². The molecule has 0 unspecified atom stereocenters. The van der Waals surface area contributed by atoms with Crippen molar-refractivity contribution in [3.05, 3.63) is 47.8 Å². The minimum Gasteiger partial charge on any atom is -0.491 e. The number of aliphatic hydroxyl groups is 1. The van der Waals surface area contributed by atoms with Crippen molar-refractivity contribution in [2.24, 2.45) is 0 Å². The van der Waals surface area contributed by atoms with Gasteiger partial charge in [-0.2, -0.15) is 26.3 Å². The van der Waals surface area contributed by atoms with Gasteiger partial charge in [0, 0.05) is 31.0 Å². The van der Waals surface area contributed by atoms with Gasteiger partial charge >= 0.3 is 18.4 Å². The molecule has 0 radical (unpaired) electrons. The highest BCUT2D eigenvalue weighted by molar-refractivity contribution is 5.81. The van der Waals surface area contributed by atoms with Gasteiger partial charge in [-0.15, -0.1) is 0 Å². The first-order valence-corrected chi connectivity index (χ1v) is 13.5. The first-order chi connectivity index (χ1) is 19.7. The summed E-state index contributed by atoms with van der Waals surface area (Å²) in [5, 5.41) is 11.6. The zero-order valence-corrected chi connectivity index (χ0v) is 24.4. The summed E-state index contributed by atoms with van der Waals surface area (Å²) in [4.78, 5) is 25.9. The maximum atomic E-state index is 14.1. The molecule has 4 rings (SSSR count). The molecule has 1 aliphatic heterocycles. The second-order valence-corrected chi connectivity index (χ2v) is 12.0. The predicted molar refractivity (Wildman–Crippen MR) is 142 cm³/mol. The summed E-state index contributed by atoms with van der Waals surface area (Å²) >= 11 is 0. The van der Waals surface area contributed by atoms with Crippen LogP contribution in [0.3, 0.4) is 0 Å². The molecule has 0 saturated carbocycles. The molecule has 43 heavy (non-hydrogen) atoms. The Morgan fingerprint density at radius 1 is 1.05 bits per heavy atom. The lowest BCUT2D eigenvalue weighted by Gasteiger charge is -2.47. The number of nitrogens with zero attached hydrogens (tertiary/aromatic N) is 5. The summed E-state index contributed by atoms with van der Waals surface area (Å²) in [5.41, 5.74) is -5.13. The Balaban J connectivity index is 1.69. The summed E-state index contributed by atoms with van der Waals surface area (Å²) in [6, 6.07) is 0.184. The van der Waals surface area contributed by atoms with E-state index >= 15 is 0 Å². The number of ether oxygens (including phenoxy) is 2. The molecule has 1 aliphatic rings. The zero-order chi connectivity index (χ0) is 32.1. The Morgan fingerprint density at radius 3 is 2.26 bits per heavy atom. The van der Waals surface area contributed by atoms with Gasteiger partial charge in [0.2, 0.25) is 0 Å². The van der Waals surface area contributed by atoms with Crippen LogP contribution >= 0.6 is 0 Å². The van der Waals surface area contributed by atoms with Gasteiger partial charge in [0.1, 0.15) is 23.6 Å². The summed E-state index contributed by atoms with van der Waals surface area (Å²) in [6.45, 7) is 9.64. The number of piperidine rings is 1. The number of carbonyl (C=O) groups excluding carboxylic acids is 1. The van der Waals surface area contributed by atoms with Gasteiger partial charge in [0.15, 0.2) is 5.69 Å². The molecule has 3 aromatic rings. The van der Waals surface area contributed by atoms with E-state index in [1.807, 2.05) is 0 Å². The molecular weight excluding hydrogens is 584 g/mol. The van der Waals surface area contributed by atoms with Crippen LogP contribution < -0.4 is 4.74 Å². The van der Waals surface area contributed by atoms with E-state index in [1.54, 1.807) is 41.5 Å². The van der Waals surface area contributed by atoms with E-state index in [0.29, 0.717) is 6.20 Å². The minimum atomic E-state index is -4.74. The smallest absolute Gasteiger partial charge is 0.434 e. The number of rotatable bonds is 5. The van der Waals surface area contributed by atoms with E-state index in [0.717, 1.165) is 12.3 Å². The first kappa shape index (κ1) is 32.3. The number of halogens is 6. The van der Waals surface area contributed by atoms with Crippen molar-refractivity contribution in [3.8, 4) is 5.75 Å². The number of hydrogen-bond acceptors (Lipinski definition) is 7. The van der Waals surface area contributed by atoms with Crippen molar-refractivity contribution in [1.82, 2.24) is 24.4 Å². The van der Waals surface area contributed by atoms with Crippen LogP contribution in [0, 0.1) is 0 Å². The fourth-order valence-corrected chi connectivity index (χ4v) is 5.25. The highest BCUT2D eigenvalue weighted by Crippen LogP contribution is 2.41. The van der Waals surface area contributed by atoms with E-state index < -0.39 is 53.0 Å². The standard InChI is InChI=1S/C28H33F6N5O4/c1-15(2)38-14-37-20-8-18(7-19(23(20)38)27(29,30)31)42-13-17-10-26(41,21-11-36-22(12-35-21)28(32,33)34)9-16(3)39(17)24(40)43-25(4,5)6/h7-8,11-12,14-17,41H,9-10,13H2,1-6H3/t16-,17-,26-/m0/s1. The SMILES string of the molecule is CC(C)n1cnc2cc(OC[C@@H]3C[C@](O)(c4cnc(C(F)(F)F)cn4)C[C@H](C)N3C(=O)OC(C)(C)C)cc(C(F)(F)F)c21. The molecule has 1 amide bonds. The van der Waals surface area contributed by atoms with Crippen molar-refractivity contribution in [1.29, 1.82) is 0 Å². The number of benzene rings is 1. The second kappa shape index (κ2) is 11.1. The first-order valence-electron chi connectivity index (χ1n) is 13.5. The van der Waals surface area contributed by atoms with Crippen molar-refractivity contribution in [3.63, 3.8) is 0 Å². The summed E-state index contributed by atoms with van der Waals surface area (Å²) in [7, 11) is 0. The number of aromatic nitrogens is 4. The second-order valence-electron chi connectivity index (χ2n) is 12.0. The van der Waals surface area contributed by atoms with Crippen molar-refractivity contribution in [2.45, 2.75) is 96.1 Å². The Kier molecular flexibility index (Phi) is 8.37. The Labute approximate surface area is 243 Å². The molecular formula is C28H33F6N5O4. The molecule has 0 bridgehead atoms. The van der Waals surface area contributed by atoms with Gasteiger partial charge < -0.3 is 19.1 Å². The van der Waals surface area contributed by atoms with Crippen LogP contribution in [-0.2, 0) is 22.7 Å². The minimum absolute atomic E-state index is 0.0519. The van der Waals surface area contributed by atoms with Crippen LogP contribution in [0.25, 0.3) is 11.0 Å². The molecule has 15 heteroatoms. The Bertz CT molecular complexity index is 1470. The van der Waals surface area contributed by atoms with Crippen molar-refractivity contribution in [2.75, 3.05) is 6.61 Å². The van der Waals surface area contributed by atoms with Gasteiger partial charge in [-0.3, -0.25) is 9.88 Å². The number of alkyl halides is 6. The largest absolute Gasteiger partial charge is 0.491 e. The van der Waals surface area contributed by atoms with E-state index in [2.05, 4.69) is 15.0 Å². The van der Waals surface area contributed by atoms with Gasteiger partial charge in [-0.25, -0.2) is 14.8 Å². The fraction of sp³-hybridized carbons (Fsp3) is 0.571. The number of carbonyl (C=O) groups is 1. The zero-order valence-electron chi connectivity index (χ0n) is 24.4. The number of hydrogen-bond donors (Lipinski definition) is 1. The van der Waals surface area contributed by atoms with Crippen molar-refractivity contribution >= 4 is 17.1 Å². The van der Waals surface area contributed by atoms with Gasteiger partial charge in [0.05, 0.1) is 47.1 Å². The molecule has 1 aromatic carbocycles. The molecule has 236 valence electrons. The maximum absolute atomic E-state index is 14.1. The molecule has 9 nitrogen and oxygen atoms in total. The highest BCUT2D eigenvalue weighted by atomic mass is 19.4. The van der Waals surface area contributed by atoms with Crippen LogP contribution in [-0.4, -0.2) is 59.9 Å². The molecule has 1 N–H and O–H groups in total. The lowest BCUT2D eigenvalue weighted by molar-refractivity contribution is -0.141. The molecule has 2 aromatic heterocycles. The van der Waals surface area contributed by atoms with Crippen LogP contribution in [0.15, 0.2) is 30.9 Å². The third kappa shape index (κ3) is 6.97. The molecule has 1 fully saturated rings. The highest BCUT2D eigenvalue weighted by Gasteiger charge is 2.48. The average Bonchev–Trinajstić information content (AvgIpc) is 3.29. The molecule has 3 heterocycles. The van der Waals surface area contributed by atoms with Crippen LogP contribution in [0.2, 0.25) is 0 Å². The van der Waals surface area contributed by atoms with E-state index in [4.69, 9.17) is 9.47 Å². The summed E-state index contributed by atoms with van der Waals surface area (Å²) < 4.78 is 94.2. The quantitative estimate of drug-likeness (QED) is 0.326. The number of fused-ring (bicyclic) bond motifs is 1. The van der Waals surface area contributed by atoms with Crippen molar-refractivity contribution < 1.29 is 45.7 Å². The number of amides is 1. The van der Waals surface area contributed by atoms with Crippen LogP contribution in [0.5, 0.6) is 5.75 Å². The monoisotopic (exact) mass is 617 g/mol. The maximum Gasteiger partial charge on any atom is 0.434 e. The molecule has 0 spiro atoms. The summed E-state index contributed by atoms with van der Waals surface area (Å²) in [5.74, 6) is -0.172. The molecule has 1 saturated heterocycles. The molecule has 0 aliphatic carbocycles. The Hall–Kier alpha value is -3.62. The van der Waals surface area contributed by atoms with Crippen LogP contribution in [0.4, 0.5) is 31.1 Å². The Morgan fingerprint density at radius 2 is 1.72 bits per heavy atom. The van der Waals surface area contributed by atoms with Gasteiger partial charge in [-0.05, 0) is 47.6 Å².